The zero-order valence-electron chi connectivity index (χ0n) is 8.05. The van der Waals surface area contributed by atoms with Gasteiger partial charge in [0, 0.05) is 16.7 Å². The van der Waals surface area contributed by atoms with Crippen LogP contribution in [0.5, 0.6) is 0 Å². The average molecular weight is 293 g/mol. The Morgan fingerprint density at radius 1 is 1.71 bits per heavy atom. The molecule has 0 spiro atoms. The van der Waals surface area contributed by atoms with Crippen LogP contribution < -0.4 is 5.32 Å². The maximum atomic E-state index is 4.32. The SMILES string of the molecule is CSC1(CNc2nc(Br)cs2)CCC1. The number of rotatable bonds is 4. The molecule has 14 heavy (non-hydrogen) atoms. The van der Waals surface area contributed by atoms with E-state index >= 15 is 0 Å². The lowest BCUT2D eigenvalue weighted by Crippen LogP contribution is -2.40. The highest BCUT2D eigenvalue weighted by molar-refractivity contribution is 9.10. The van der Waals surface area contributed by atoms with Crippen LogP contribution in [0.1, 0.15) is 19.3 Å². The highest BCUT2D eigenvalue weighted by Gasteiger charge is 2.35. The molecule has 0 amide bonds. The number of hydrogen-bond acceptors (Lipinski definition) is 4. The van der Waals surface area contributed by atoms with Crippen LogP contribution in [0.2, 0.25) is 0 Å². The molecular formula is C9H13BrN2S2. The molecule has 78 valence electrons. The van der Waals surface area contributed by atoms with Crippen LogP contribution in [0.15, 0.2) is 9.98 Å². The van der Waals surface area contributed by atoms with Crippen molar-refractivity contribution in [3.63, 3.8) is 0 Å². The highest BCUT2D eigenvalue weighted by atomic mass is 79.9. The molecule has 1 aromatic heterocycles. The van der Waals surface area contributed by atoms with Crippen molar-refractivity contribution in [2.75, 3.05) is 18.1 Å². The van der Waals surface area contributed by atoms with Crippen LogP contribution in [0.3, 0.4) is 0 Å². The molecule has 2 nitrogen and oxygen atoms in total. The van der Waals surface area contributed by atoms with Gasteiger partial charge in [-0.2, -0.15) is 11.8 Å². The highest BCUT2D eigenvalue weighted by Crippen LogP contribution is 2.42. The molecule has 5 heteroatoms. The molecule has 1 saturated carbocycles. The molecule has 2 rings (SSSR count). The standard InChI is InChI=1S/C9H13BrN2S2/c1-13-9(3-2-4-9)6-11-8-12-7(10)5-14-8/h5H,2-4,6H2,1H3,(H,11,12). The van der Waals surface area contributed by atoms with Crippen molar-refractivity contribution < 1.29 is 0 Å². The van der Waals surface area contributed by atoms with Crippen LogP contribution in [0.4, 0.5) is 5.13 Å². The van der Waals surface area contributed by atoms with E-state index in [1.54, 1.807) is 11.3 Å². The largest absolute Gasteiger partial charge is 0.360 e. The smallest absolute Gasteiger partial charge is 0.183 e. The van der Waals surface area contributed by atoms with E-state index in [2.05, 4.69) is 32.5 Å². The van der Waals surface area contributed by atoms with Crippen LogP contribution >= 0.6 is 39.0 Å². The van der Waals surface area contributed by atoms with Gasteiger partial charge in [0.2, 0.25) is 0 Å². The van der Waals surface area contributed by atoms with Crippen molar-refractivity contribution in [2.24, 2.45) is 0 Å². The van der Waals surface area contributed by atoms with Gasteiger partial charge >= 0.3 is 0 Å². The first-order valence-corrected chi connectivity index (χ1v) is 7.54. The lowest BCUT2D eigenvalue weighted by atomic mass is 9.84. The maximum absolute atomic E-state index is 4.32. The fourth-order valence-corrected chi connectivity index (χ4v) is 3.65. The second-order valence-corrected chi connectivity index (χ2v) is 6.51. The zero-order chi connectivity index (χ0) is 10.0. The molecular weight excluding hydrogens is 280 g/mol. The summed E-state index contributed by atoms with van der Waals surface area (Å²) >= 11 is 7.00. The lowest BCUT2D eigenvalue weighted by Gasteiger charge is -2.40. The first-order valence-electron chi connectivity index (χ1n) is 4.64. The molecule has 0 atom stereocenters. The van der Waals surface area contributed by atoms with Crippen molar-refractivity contribution in [3.8, 4) is 0 Å². The minimum absolute atomic E-state index is 0.484. The molecule has 1 aromatic rings. The number of aromatic nitrogens is 1. The van der Waals surface area contributed by atoms with E-state index in [1.165, 1.54) is 19.3 Å². The molecule has 0 aliphatic heterocycles. The minimum Gasteiger partial charge on any atom is -0.360 e. The van der Waals surface area contributed by atoms with Crippen molar-refractivity contribution in [1.29, 1.82) is 0 Å². The third-order valence-electron chi connectivity index (χ3n) is 2.74. The van der Waals surface area contributed by atoms with Gasteiger partial charge in [0.05, 0.1) is 0 Å². The topological polar surface area (TPSA) is 24.9 Å². The van der Waals surface area contributed by atoms with Crippen molar-refractivity contribution in [2.45, 2.75) is 24.0 Å². The quantitative estimate of drug-likeness (QED) is 0.918. The predicted molar refractivity (Wildman–Crippen MR) is 68.4 cm³/mol. The van der Waals surface area contributed by atoms with Gasteiger partial charge in [-0.15, -0.1) is 11.3 Å². The van der Waals surface area contributed by atoms with E-state index < -0.39 is 0 Å². The normalized spacial score (nSPS) is 19.0. The van der Waals surface area contributed by atoms with Crippen LogP contribution in [-0.4, -0.2) is 22.5 Å². The number of thiazole rings is 1. The average Bonchev–Trinajstić information content (AvgIpc) is 2.50. The lowest BCUT2D eigenvalue weighted by molar-refractivity contribution is 0.380. The van der Waals surface area contributed by atoms with Gasteiger partial charge in [-0.05, 0) is 35.0 Å². The Balaban J connectivity index is 1.87. The minimum atomic E-state index is 0.484. The van der Waals surface area contributed by atoms with E-state index in [0.29, 0.717) is 4.75 Å². The summed E-state index contributed by atoms with van der Waals surface area (Å²) in [4.78, 5) is 4.32. The molecule has 1 fully saturated rings. The molecule has 0 aromatic carbocycles. The molecule has 1 aliphatic rings. The first kappa shape index (κ1) is 10.8. The summed E-state index contributed by atoms with van der Waals surface area (Å²) in [6.45, 7) is 1.05. The summed E-state index contributed by atoms with van der Waals surface area (Å²) in [5, 5.41) is 6.45. The Morgan fingerprint density at radius 3 is 2.93 bits per heavy atom. The molecule has 0 bridgehead atoms. The fraction of sp³-hybridized carbons (Fsp3) is 0.667. The van der Waals surface area contributed by atoms with Crippen molar-refractivity contribution in [1.82, 2.24) is 4.98 Å². The number of halogens is 1. The summed E-state index contributed by atoms with van der Waals surface area (Å²) < 4.78 is 1.41. The van der Waals surface area contributed by atoms with Gasteiger partial charge < -0.3 is 5.32 Å². The van der Waals surface area contributed by atoms with Gasteiger partial charge in [0.15, 0.2) is 5.13 Å². The van der Waals surface area contributed by atoms with Crippen LogP contribution in [0.25, 0.3) is 0 Å². The first-order chi connectivity index (χ1) is 6.74. The Kier molecular flexibility index (Phi) is 3.39. The molecule has 1 heterocycles. The Bertz CT molecular complexity index is 304. The van der Waals surface area contributed by atoms with E-state index in [1.807, 2.05) is 17.1 Å². The molecule has 0 unspecified atom stereocenters. The number of thioether (sulfide) groups is 1. The summed E-state index contributed by atoms with van der Waals surface area (Å²) in [6, 6.07) is 0. The number of anilines is 1. The summed E-state index contributed by atoms with van der Waals surface area (Å²) in [6.07, 6.45) is 6.27. The van der Waals surface area contributed by atoms with E-state index in [9.17, 15) is 0 Å². The summed E-state index contributed by atoms with van der Waals surface area (Å²) in [5.41, 5.74) is 0. The Labute approximate surface area is 101 Å². The third-order valence-corrected chi connectivity index (χ3v) is 5.66. The summed E-state index contributed by atoms with van der Waals surface area (Å²) in [5.74, 6) is 0. The second-order valence-electron chi connectivity index (χ2n) is 3.57. The van der Waals surface area contributed by atoms with Crippen LogP contribution in [0, 0.1) is 0 Å². The Morgan fingerprint density at radius 2 is 2.50 bits per heavy atom. The van der Waals surface area contributed by atoms with Gasteiger partial charge in [-0.1, -0.05) is 6.42 Å². The second kappa shape index (κ2) is 4.41. The van der Waals surface area contributed by atoms with Crippen LogP contribution in [-0.2, 0) is 0 Å². The van der Waals surface area contributed by atoms with Gasteiger partial charge in [-0.25, -0.2) is 4.98 Å². The maximum Gasteiger partial charge on any atom is 0.183 e. The van der Waals surface area contributed by atoms with E-state index in [-0.39, 0.29) is 0 Å². The monoisotopic (exact) mass is 292 g/mol. The van der Waals surface area contributed by atoms with Crippen molar-refractivity contribution in [3.05, 3.63) is 9.98 Å². The zero-order valence-corrected chi connectivity index (χ0v) is 11.3. The predicted octanol–water partition coefficient (Wildman–Crippen LogP) is 3.60. The number of nitrogens with zero attached hydrogens (tertiary/aromatic N) is 1. The fourth-order valence-electron chi connectivity index (χ4n) is 1.60. The summed E-state index contributed by atoms with van der Waals surface area (Å²) in [7, 11) is 0. The Hall–Kier alpha value is 0.260. The van der Waals surface area contributed by atoms with E-state index in [0.717, 1.165) is 16.3 Å². The van der Waals surface area contributed by atoms with E-state index in [4.69, 9.17) is 0 Å². The molecule has 1 N–H and O–H groups in total. The molecule has 0 saturated heterocycles. The number of nitrogens with one attached hydrogen (secondary N) is 1. The third kappa shape index (κ3) is 2.25. The molecule has 0 radical (unpaired) electrons. The van der Waals surface area contributed by atoms with Crippen molar-refractivity contribution >= 4 is 44.2 Å². The van der Waals surface area contributed by atoms with Gasteiger partial charge in [0.1, 0.15) is 4.60 Å². The van der Waals surface area contributed by atoms with Gasteiger partial charge in [0.25, 0.3) is 0 Å². The van der Waals surface area contributed by atoms with Gasteiger partial charge in [-0.3, -0.25) is 0 Å². The molecule has 1 aliphatic carbocycles. The number of hydrogen-bond donors (Lipinski definition) is 1.